The van der Waals surface area contributed by atoms with E-state index in [0.717, 1.165) is 0 Å². The minimum absolute atomic E-state index is 0.0423. The number of carbonyl (C=O) groups excluding carboxylic acids is 2. The minimum Gasteiger partial charge on any atom is -0.508 e. The summed E-state index contributed by atoms with van der Waals surface area (Å²) in [6.45, 7) is 4.75. The summed E-state index contributed by atoms with van der Waals surface area (Å²) in [4.78, 5) is 26.6. The number of fused-ring (bicyclic) bond motifs is 3. The average Bonchev–Trinajstić information content (AvgIpc) is 2.68. The van der Waals surface area contributed by atoms with Gasteiger partial charge in [-0.3, -0.25) is 9.59 Å². The van der Waals surface area contributed by atoms with E-state index < -0.39 is 34.4 Å². The van der Waals surface area contributed by atoms with E-state index in [0.29, 0.717) is 12.0 Å². The maximum absolute atomic E-state index is 13.4. The van der Waals surface area contributed by atoms with Crippen LogP contribution in [0.15, 0.2) is 53.8 Å². The smallest absolute Gasteiger partial charge is 0.178 e. The summed E-state index contributed by atoms with van der Waals surface area (Å²) >= 11 is 0. The van der Waals surface area contributed by atoms with Crippen molar-refractivity contribution >= 4 is 11.6 Å². The standard InChI is InChI=1S/C23H26O6/c1-5-6-7-8-17(25)19-15-12-14(13-9-10-16(24)18(11-13)29-4)22(2,20(19)26)21(27)23(15,3)28/h5-11,14-15,24-25,28H,12H2,1-4H3/b6-5+,8-7+,19-17-/t14-,15?,22?,23?/m0/s1. The largest absolute Gasteiger partial charge is 0.508 e. The molecule has 1 aromatic rings. The molecule has 0 amide bonds. The Morgan fingerprint density at radius 2 is 1.90 bits per heavy atom. The average molecular weight is 398 g/mol. The summed E-state index contributed by atoms with van der Waals surface area (Å²) in [7, 11) is 1.42. The summed E-state index contributed by atoms with van der Waals surface area (Å²) < 4.78 is 5.16. The third-order valence-corrected chi connectivity index (χ3v) is 6.28. The normalized spacial score (nSPS) is 33.7. The van der Waals surface area contributed by atoms with Gasteiger partial charge < -0.3 is 20.1 Å². The summed E-state index contributed by atoms with van der Waals surface area (Å²) in [5.74, 6) is -2.44. The van der Waals surface area contributed by atoms with E-state index >= 15 is 0 Å². The van der Waals surface area contributed by atoms with Crippen LogP contribution in [0.3, 0.4) is 0 Å². The number of ketones is 2. The number of aliphatic hydroxyl groups is 2. The molecule has 0 aliphatic heterocycles. The van der Waals surface area contributed by atoms with Crippen molar-refractivity contribution in [3.63, 3.8) is 0 Å². The van der Waals surface area contributed by atoms with E-state index in [-0.39, 0.29) is 22.8 Å². The van der Waals surface area contributed by atoms with Crippen LogP contribution in [0.5, 0.6) is 11.5 Å². The van der Waals surface area contributed by atoms with Gasteiger partial charge in [0.2, 0.25) is 0 Å². The van der Waals surface area contributed by atoms with Gasteiger partial charge in [0.25, 0.3) is 0 Å². The van der Waals surface area contributed by atoms with Crippen molar-refractivity contribution in [3.8, 4) is 11.5 Å². The van der Waals surface area contributed by atoms with Crippen LogP contribution in [-0.2, 0) is 9.59 Å². The number of phenols is 1. The van der Waals surface area contributed by atoms with E-state index in [4.69, 9.17) is 4.74 Å². The summed E-state index contributed by atoms with van der Waals surface area (Å²) in [5.41, 5.74) is -2.57. The van der Waals surface area contributed by atoms with Crippen LogP contribution < -0.4 is 4.74 Å². The van der Waals surface area contributed by atoms with Crippen LogP contribution in [0, 0.1) is 11.3 Å². The number of ether oxygens (including phenoxy) is 1. The number of Topliss-reactive ketones (excluding diaryl/α,β-unsaturated/α-hetero) is 2. The molecule has 1 aromatic carbocycles. The molecule has 0 heterocycles. The van der Waals surface area contributed by atoms with Crippen molar-refractivity contribution in [1.82, 2.24) is 0 Å². The van der Waals surface area contributed by atoms with Gasteiger partial charge in [0.15, 0.2) is 23.1 Å². The Labute approximate surface area is 169 Å². The zero-order chi connectivity index (χ0) is 21.6. The van der Waals surface area contributed by atoms with Crippen molar-refractivity contribution in [3.05, 3.63) is 59.4 Å². The maximum Gasteiger partial charge on any atom is 0.178 e. The van der Waals surface area contributed by atoms with Crippen LogP contribution in [0.4, 0.5) is 0 Å². The lowest BCUT2D eigenvalue weighted by molar-refractivity contribution is -0.170. The maximum atomic E-state index is 13.4. The van der Waals surface area contributed by atoms with Crippen molar-refractivity contribution in [1.29, 1.82) is 0 Å². The molecule has 6 heteroatoms. The van der Waals surface area contributed by atoms with Crippen LogP contribution in [-0.4, -0.2) is 39.6 Å². The molecule has 3 fully saturated rings. The Hall–Kier alpha value is -2.86. The number of benzene rings is 1. The SMILES string of the molecule is C/C=C/C=C/C(O)=C1/C(=O)C2(C)C(=O)C(C)(O)C1C[C@H]2c1ccc(O)c(OC)c1. The third-order valence-electron chi connectivity index (χ3n) is 6.28. The molecule has 0 radical (unpaired) electrons. The molecule has 3 saturated carbocycles. The van der Waals surface area contributed by atoms with Gasteiger partial charge in [-0.05, 0) is 51.0 Å². The molecule has 0 aromatic heterocycles. The molecule has 3 unspecified atom stereocenters. The molecule has 3 N–H and O–H groups in total. The number of aromatic hydroxyl groups is 1. The van der Waals surface area contributed by atoms with E-state index in [9.17, 15) is 24.9 Å². The highest BCUT2D eigenvalue weighted by atomic mass is 16.5. The van der Waals surface area contributed by atoms with Crippen LogP contribution >= 0.6 is 0 Å². The van der Waals surface area contributed by atoms with Crippen molar-refractivity contribution in [2.24, 2.45) is 11.3 Å². The molecule has 29 heavy (non-hydrogen) atoms. The minimum atomic E-state index is -1.77. The van der Waals surface area contributed by atoms with Gasteiger partial charge >= 0.3 is 0 Å². The fourth-order valence-corrected chi connectivity index (χ4v) is 4.66. The predicted molar refractivity (Wildman–Crippen MR) is 108 cm³/mol. The molecule has 6 nitrogen and oxygen atoms in total. The topological polar surface area (TPSA) is 104 Å². The number of methoxy groups -OCH3 is 1. The lowest BCUT2D eigenvalue weighted by atomic mass is 9.46. The summed E-state index contributed by atoms with van der Waals surface area (Å²) in [6.07, 6.45) is 6.78. The number of hydrogen-bond donors (Lipinski definition) is 3. The van der Waals surface area contributed by atoms with Crippen molar-refractivity contribution in [2.45, 2.75) is 38.7 Å². The van der Waals surface area contributed by atoms with E-state index in [1.165, 1.54) is 33.1 Å². The van der Waals surface area contributed by atoms with Gasteiger partial charge in [0, 0.05) is 17.4 Å². The first kappa shape index (κ1) is 20.9. The van der Waals surface area contributed by atoms with Gasteiger partial charge in [0.05, 0.1) is 12.5 Å². The van der Waals surface area contributed by atoms with Crippen LogP contribution in [0.1, 0.15) is 38.7 Å². The van der Waals surface area contributed by atoms with E-state index in [1.807, 2.05) is 6.92 Å². The van der Waals surface area contributed by atoms with Crippen molar-refractivity contribution in [2.75, 3.05) is 7.11 Å². The second kappa shape index (κ2) is 7.19. The Morgan fingerprint density at radius 1 is 1.21 bits per heavy atom. The molecule has 0 spiro atoms. The Kier molecular flexibility index (Phi) is 5.17. The molecule has 2 bridgehead atoms. The Bertz CT molecular complexity index is 952. The molecule has 3 aliphatic carbocycles. The quantitative estimate of drug-likeness (QED) is 0.311. The first-order valence-corrected chi connectivity index (χ1v) is 9.52. The van der Waals surface area contributed by atoms with Crippen molar-refractivity contribution < 1.29 is 29.6 Å². The molecule has 3 aliphatic rings. The van der Waals surface area contributed by atoms with Gasteiger partial charge in [0.1, 0.15) is 11.4 Å². The Balaban J connectivity index is 2.16. The first-order chi connectivity index (χ1) is 13.6. The molecular formula is C23H26O6. The summed E-state index contributed by atoms with van der Waals surface area (Å²) in [5, 5.41) is 31.4. The number of rotatable bonds is 4. The fraction of sp³-hybridized carbons (Fsp3) is 0.391. The van der Waals surface area contributed by atoms with Gasteiger partial charge in [-0.15, -0.1) is 0 Å². The van der Waals surface area contributed by atoms with Crippen LogP contribution in [0.25, 0.3) is 0 Å². The molecule has 4 atom stereocenters. The number of phenolic OH excluding ortho intramolecular Hbond substituents is 1. The number of allylic oxidation sites excluding steroid dienone is 4. The van der Waals surface area contributed by atoms with Crippen LogP contribution in [0.2, 0.25) is 0 Å². The zero-order valence-electron chi connectivity index (χ0n) is 17.0. The monoisotopic (exact) mass is 398 g/mol. The zero-order valence-corrected chi connectivity index (χ0v) is 17.0. The second-order valence-corrected chi connectivity index (χ2v) is 7.96. The summed E-state index contributed by atoms with van der Waals surface area (Å²) in [6, 6.07) is 4.72. The highest BCUT2D eigenvalue weighted by Gasteiger charge is 2.68. The lowest BCUT2D eigenvalue weighted by Gasteiger charge is -2.55. The number of aliphatic hydroxyl groups excluding tert-OH is 1. The predicted octanol–water partition coefficient (Wildman–Crippen LogP) is 3.36. The molecule has 0 saturated heterocycles. The highest BCUT2D eigenvalue weighted by molar-refractivity contribution is 6.21. The second-order valence-electron chi connectivity index (χ2n) is 7.96. The number of carbonyl (C=O) groups is 2. The van der Waals surface area contributed by atoms with Gasteiger partial charge in [-0.2, -0.15) is 0 Å². The van der Waals surface area contributed by atoms with Gasteiger partial charge in [-0.25, -0.2) is 0 Å². The van der Waals surface area contributed by atoms with Gasteiger partial charge in [-0.1, -0.05) is 24.3 Å². The van der Waals surface area contributed by atoms with E-state index in [2.05, 4.69) is 0 Å². The number of hydrogen-bond acceptors (Lipinski definition) is 6. The molecule has 154 valence electrons. The molecular weight excluding hydrogens is 372 g/mol. The molecule has 4 rings (SSSR count). The first-order valence-electron chi connectivity index (χ1n) is 9.52. The third kappa shape index (κ3) is 2.99. The highest BCUT2D eigenvalue weighted by Crippen LogP contribution is 2.60. The lowest BCUT2D eigenvalue weighted by Crippen LogP contribution is -2.66. The fourth-order valence-electron chi connectivity index (χ4n) is 4.66. The van der Waals surface area contributed by atoms with E-state index in [1.54, 1.807) is 30.4 Å². The Morgan fingerprint density at radius 3 is 2.52 bits per heavy atom.